The summed E-state index contributed by atoms with van der Waals surface area (Å²) in [7, 11) is 0. The molecule has 0 radical (unpaired) electrons. The molecule has 2 heteroatoms. The second-order valence-corrected chi connectivity index (χ2v) is 5.05. The number of hydrazine groups is 1. The van der Waals surface area contributed by atoms with E-state index >= 15 is 0 Å². The van der Waals surface area contributed by atoms with Gasteiger partial charge in [-0.25, -0.2) is 0 Å². The maximum atomic E-state index is 5.53. The standard InChI is InChI=1S/C13H30N2/c1-4-5-6-7-8-9-10-13(15-14)11-12(2)3/h12-13,15H,4-11,14H2,1-3H3. The predicted molar refractivity (Wildman–Crippen MR) is 68.6 cm³/mol. The highest BCUT2D eigenvalue weighted by Crippen LogP contribution is 2.12. The van der Waals surface area contributed by atoms with Gasteiger partial charge in [0.15, 0.2) is 0 Å². The number of unbranched alkanes of at least 4 members (excludes halogenated alkanes) is 5. The molecule has 2 nitrogen and oxygen atoms in total. The van der Waals surface area contributed by atoms with Crippen LogP contribution in [-0.2, 0) is 0 Å². The fourth-order valence-corrected chi connectivity index (χ4v) is 2.01. The molecule has 1 atom stereocenters. The Hall–Kier alpha value is -0.0800. The molecule has 0 aromatic heterocycles. The molecule has 0 spiro atoms. The van der Waals surface area contributed by atoms with Gasteiger partial charge in [-0.2, -0.15) is 0 Å². The van der Waals surface area contributed by atoms with Gasteiger partial charge in [-0.3, -0.25) is 11.3 Å². The first-order chi connectivity index (χ1) is 7.20. The van der Waals surface area contributed by atoms with E-state index < -0.39 is 0 Å². The van der Waals surface area contributed by atoms with E-state index in [1.165, 1.54) is 51.4 Å². The molecule has 0 aliphatic heterocycles. The summed E-state index contributed by atoms with van der Waals surface area (Å²) in [6.45, 7) is 6.77. The predicted octanol–water partition coefficient (Wildman–Crippen LogP) is 3.62. The molecule has 0 rings (SSSR count). The highest BCUT2D eigenvalue weighted by atomic mass is 15.2. The van der Waals surface area contributed by atoms with Crippen LogP contribution in [0.15, 0.2) is 0 Å². The number of nitrogens with one attached hydrogen (secondary N) is 1. The molecule has 0 aliphatic carbocycles. The Morgan fingerprint density at radius 2 is 1.60 bits per heavy atom. The highest BCUT2D eigenvalue weighted by molar-refractivity contribution is 4.65. The maximum absolute atomic E-state index is 5.53. The zero-order valence-electron chi connectivity index (χ0n) is 10.9. The molecule has 0 bridgehead atoms. The fourth-order valence-electron chi connectivity index (χ4n) is 2.01. The van der Waals surface area contributed by atoms with Crippen molar-refractivity contribution in [3.8, 4) is 0 Å². The van der Waals surface area contributed by atoms with Crippen molar-refractivity contribution < 1.29 is 0 Å². The van der Waals surface area contributed by atoms with Gasteiger partial charge < -0.3 is 0 Å². The third-order valence-electron chi connectivity index (χ3n) is 2.90. The molecule has 3 N–H and O–H groups in total. The van der Waals surface area contributed by atoms with Crippen LogP contribution in [0.2, 0.25) is 0 Å². The normalized spacial score (nSPS) is 13.4. The van der Waals surface area contributed by atoms with Gasteiger partial charge in [0.05, 0.1) is 0 Å². The summed E-state index contributed by atoms with van der Waals surface area (Å²) in [6, 6.07) is 0.524. The molecule has 1 unspecified atom stereocenters. The van der Waals surface area contributed by atoms with Crippen molar-refractivity contribution in [2.75, 3.05) is 0 Å². The van der Waals surface area contributed by atoms with Crippen LogP contribution < -0.4 is 11.3 Å². The highest BCUT2D eigenvalue weighted by Gasteiger charge is 2.07. The maximum Gasteiger partial charge on any atom is 0.0213 e. The molecular weight excluding hydrogens is 184 g/mol. The van der Waals surface area contributed by atoms with Gasteiger partial charge in [-0.05, 0) is 18.8 Å². The largest absolute Gasteiger partial charge is 0.271 e. The van der Waals surface area contributed by atoms with Crippen LogP contribution in [-0.4, -0.2) is 6.04 Å². The van der Waals surface area contributed by atoms with E-state index in [9.17, 15) is 0 Å². The van der Waals surface area contributed by atoms with Crippen molar-refractivity contribution in [2.24, 2.45) is 11.8 Å². The van der Waals surface area contributed by atoms with Crippen LogP contribution in [0.25, 0.3) is 0 Å². The molecular formula is C13H30N2. The fraction of sp³-hybridized carbons (Fsp3) is 1.00. The zero-order chi connectivity index (χ0) is 11.5. The summed E-state index contributed by atoms with van der Waals surface area (Å²) in [5, 5.41) is 0. The monoisotopic (exact) mass is 214 g/mol. The summed E-state index contributed by atoms with van der Waals surface area (Å²) in [5.41, 5.74) is 2.94. The van der Waals surface area contributed by atoms with E-state index in [1.807, 2.05) is 0 Å². The minimum atomic E-state index is 0.524. The Labute approximate surface area is 96.0 Å². The Bertz CT molecular complexity index is 124. The second-order valence-electron chi connectivity index (χ2n) is 5.05. The first-order valence-corrected chi connectivity index (χ1v) is 6.66. The lowest BCUT2D eigenvalue weighted by Gasteiger charge is -2.17. The Morgan fingerprint density at radius 3 is 2.13 bits per heavy atom. The van der Waals surface area contributed by atoms with E-state index in [4.69, 9.17) is 5.84 Å². The lowest BCUT2D eigenvalue weighted by atomic mass is 9.98. The van der Waals surface area contributed by atoms with E-state index in [0.717, 1.165) is 5.92 Å². The number of nitrogens with two attached hydrogens (primary N) is 1. The minimum absolute atomic E-state index is 0.524. The summed E-state index contributed by atoms with van der Waals surface area (Å²) < 4.78 is 0. The molecule has 15 heavy (non-hydrogen) atoms. The van der Waals surface area contributed by atoms with Crippen LogP contribution in [0.4, 0.5) is 0 Å². The van der Waals surface area contributed by atoms with Gasteiger partial charge in [-0.15, -0.1) is 0 Å². The van der Waals surface area contributed by atoms with Crippen LogP contribution in [0, 0.1) is 5.92 Å². The van der Waals surface area contributed by atoms with Crippen molar-refractivity contribution in [3.63, 3.8) is 0 Å². The van der Waals surface area contributed by atoms with Crippen LogP contribution in [0.3, 0.4) is 0 Å². The number of hydrogen-bond donors (Lipinski definition) is 2. The van der Waals surface area contributed by atoms with Gasteiger partial charge in [-0.1, -0.05) is 59.3 Å². The smallest absolute Gasteiger partial charge is 0.0213 e. The summed E-state index contributed by atoms with van der Waals surface area (Å²) in [4.78, 5) is 0. The van der Waals surface area contributed by atoms with E-state index in [1.54, 1.807) is 0 Å². The Morgan fingerprint density at radius 1 is 1.00 bits per heavy atom. The van der Waals surface area contributed by atoms with Gasteiger partial charge >= 0.3 is 0 Å². The summed E-state index contributed by atoms with van der Waals surface area (Å²) >= 11 is 0. The van der Waals surface area contributed by atoms with Crippen molar-refractivity contribution >= 4 is 0 Å². The van der Waals surface area contributed by atoms with Crippen molar-refractivity contribution in [3.05, 3.63) is 0 Å². The van der Waals surface area contributed by atoms with E-state index in [0.29, 0.717) is 6.04 Å². The molecule has 0 amide bonds. The van der Waals surface area contributed by atoms with E-state index in [2.05, 4.69) is 26.2 Å². The molecule has 0 heterocycles. The first kappa shape index (κ1) is 14.9. The molecule has 0 saturated heterocycles. The molecule has 0 aromatic carbocycles. The molecule has 0 aliphatic rings. The third kappa shape index (κ3) is 10.2. The summed E-state index contributed by atoms with van der Waals surface area (Å²) in [5.74, 6) is 6.28. The number of hydrogen-bond acceptors (Lipinski definition) is 2. The van der Waals surface area contributed by atoms with Crippen LogP contribution in [0.1, 0.15) is 72.1 Å². The van der Waals surface area contributed by atoms with Crippen LogP contribution in [0.5, 0.6) is 0 Å². The van der Waals surface area contributed by atoms with Crippen molar-refractivity contribution in [2.45, 2.75) is 78.2 Å². The third-order valence-corrected chi connectivity index (χ3v) is 2.90. The molecule has 0 aromatic rings. The molecule has 92 valence electrons. The zero-order valence-corrected chi connectivity index (χ0v) is 10.9. The Kier molecular flexibility index (Phi) is 10.4. The van der Waals surface area contributed by atoms with Crippen molar-refractivity contribution in [1.29, 1.82) is 0 Å². The quantitative estimate of drug-likeness (QED) is 0.331. The topological polar surface area (TPSA) is 38.0 Å². The Balaban J connectivity index is 3.30. The van der Waals surface area contributed by atoms with Crippen molar-refractivity contribution in [1.82, 2.24) is 5.43 Å². The lowest BCUT2D eigenvalue weighted by molar-refractivity contribution is 0.390. The van der Waals surface area contributed by atoms with Gasteiger partial charge in [0.1, 0.15) is 0 Å². The number of rotatable bonds is 10. The van der Waals surface area contributed by atoms with Gasteiger partial charge in [0.25, 0.3) is 0 Å². The van der Waals surface area contributed by atoms with Crippen LogP contribution >= 0.6 is 0 Å². The van der Waals surface area contributed by atoms with E-state index in [-0.39, 0.29) is 0 Å². The SMILES string of the molecule is CCCCCCCCC(CC(C)C)NN. The minimum Gasteiger partial charge on any atom is -0.271 e. The average Bonchev–Trinajstić information content (AvgIpc) is 2.20. The summed E-state index contributed by atoms with van der Waals surface area (Å²) in [6.07, 6.45) is 10.7. The van der Waals surface area contributed by atoms with Gasteiger partial charge in [0, 0.05) is 6.04 Å². The van der Waals surface area contributed by atoms with Gasteiger partial charge in [0.2, 0.25) is 0 Å². The second kappa shape index (κ2) is 10.4. The molecule has 0 fully saturated rings. The lowest BCUT2D eigenvalue weighted by Crippen LogP contribution is -2.36. The average molecular weight is 214 g/mol. The first-order valence-electron chi connectivity index (χ1n) is 6.66. The molecule has 0 saturated carbocycles.